The van der Waals surface area contributed by atoms with E-state index in [0.717, 1.165) is 33.4 Å². The van der Waals surface area contributed by atoms with Gasteiger partial charge in [-0.1, -0.05) is 48.0 Å². The molecule has 2 aromatic carbocycles. The molecule has 2 nitrogen and oxygen atoms in total. The summed E-state index contributed by atoms with van der Waals surface area (Å²) in [5.41, 5.74) is 4.15. The van der Waals surface area contributed by atoms with Crippen molar-refractivity contribution in [1.29, 1.82) is 0 Å². The number of hydrogen-bond acceptors (Lipinski definition) is 2. The molecule has 0 saturated carbocycles. The minimum Gasteiger partial charge on any atom is -0.337 e. The molecule has 1 N–H and O–H groups in total. The van der Waals surface area contributed by atoms with E-state index in [2.05, 4.69) is 34.6 Å². The largest absolute Gasteiger partial charge is 0.337 e. The van der Waals surface area contributed by atoms with Gasteiger partial charge < -0.3 is 4.98 Å². The maximum atomic E-state index is 5.98. The van der Waals surface area contributed by atoms with Gasteiger partial charge in [-0.05, 0) is 35.7 Å². The Balaban J connectivity index is 1.89. The van der Waals surface area contributed by atoms with Crippen LogP contribution in [0.1, 0.15) is 0 Å². The smallest absolute Gasteiger partial charge is 0.138 e. The summed E-state index contributed by atoms with van der Waals surface area (Å²) in [5, 5.41) is 2.80. The monoisotopic (exact) mass is 336 g/mol. The Bertz CT molecular complexity index is 910. The number of thiophene rings is 1. The second kappa shape index (κ2) is 6.03. The summed E-state index contributed by atoms with van der Waals surface area (Å²) in [4.78, 5) is 9.50. The molecule has 0 saturated heterocycles. The molecular weight excluding hydrogens is 324 g/mol. The van der Waals surface area contributed by atoms with Crippen molar-refractivity contribution in [3.05, 3.63) is 77.1 Å². The highest BCUT2D eigenvalue weighted by Gasteiger charge is 2.15. The van der Waals surface area contributed by atoms with Gasteiger partial charge in [0, 0.05) is 16.1 Å². The lowest BCUT2D eigenvalue weighted by Gasteiger charge is -1.99. The third-order valence-corrected chi connectivity index (χ3v) is 4.78. The fraction of sp³-hybridized carbons (Fsp3) is 0. The number of halogens is 1. The van der Waals surface area contributed by atoms with Gasteiger partial charge in [0.25, 0.3) is 0 Å². The third-order valence-electron chi connectivity index (χ3n) is 3.64. The predicted octanol–water partition coefficient (Wildman–Crippen LogP) is 6.13. The average molecular weight is 337 g/mol. The Morgan fingerprint density at radius 2 is 1.61 bits per heavy atom. The molecule has 4 aromatic rings. The zero-order valence-electron chi connectivity index (χ0n) is 12.2. The number of aromatic amines is 1. The second-order valence-corrected chi connectivity index (χ2v) is 6.54. The van der Waals surface area contributed by atoms with Crippen LogP contribution in [0.4, 0.5) is 0 Å². The van der Waals surface area contributed by atoms with Gasteiger partial charge in [0.2, 0.25) is 0 Å². The van der Waals surface area contributed by atoms with Crippen LogP contribution in [0, 0.1) is 0 Å². The first-order valence-electron chi connectivity index (χ1n) is 7.26. The van der Waals surface area contributed by atoms with E-state index in [1.807, 2.05) is 42.5 Å². The van der Waals surface area contributed by atoms with Crippen LogP contribution in [0.25, 0.3) is 33.2 Å². The zero-order valence-corrected chi connectivity index (χ0v) is 13.7. The predicted molar refractivity (Wildman–Crippen MR) is 97.8 cm³/mol. The van der Waals surface area contributed by atoms with Crippen molar-refractivity contribution in [2.75, 3.05) is 0 Å². The highest BCUT2D eigenvalue weighted by atomic mass is 35.5. The Morgan fingerprint density at radius 3 is 2.30 bits per heavy atom. The van der Waals surface area contributed by atoms with E-state index < -0.39 is 0 Å². The molecule has 4 rings (SSSR count). The molecule has 0 atom stereocenters. The van der Waals surface area contributed by atoms with Crippen LogP contribution in [0.5, 0.6) is 0 Å². The molecule has 0 spiro atoms. The van der Waals surface area contributed by atoms with E-state index in [-0.39, 0.29) is 0 Å². The minimum absolute atomic E-state index is 0.724. The fourth-order valence-electron chi connectivity index (χ4n) is 2.52. The Morgan fingerprint density at radius 1 is 0.826 bits per heavy atom. The van der Waals surface area contributed by atoms with Crippen molar-refractivity contribution in [1.82, 2.24) is 9.97 Å². The molecule has 0 bridgehead atoms. The molecule has 0 aliphatic carbocycles. The first-order valence-corrected chi connectivity index (χ1v) is 8.52. The lowest BCUT2D eigenvalue weighted by Crippen LogP contribution is -1.81. The normalized spacial score (nSPS) is 10.8. The van der Waals surface area contributed by atoms with Gasteiger partial charge in [-0.2, -0.15) is 0 Å². The van der Waals surface area contributed by atoms with Gasteiger partial charge in [0.15, 0.2) is 0 Å². The van der Waals surface area contributed by atoms with Gasteiger partial charge in [0.1, 0.15) is 5.82 Å². The molecule has 2 aromatic heterocycles. The maximum absolute atomic E-state index is 5.98. The van der Waals surface area contributed by atoms with E-state index in [9.17, 15) is 0 Å². The van der Waals surface area contributed by atoms with Crippen molar-refractivity contribution < 1.29 is 0 Å². The fourth-order valence-corrected chi connectivity index (χ4v) is 3.37. The minimum atomic E-state index is 0.724. The lowest BCUT2D eigenvalue weighted by atomic mass is 10.1. The van der Waals surface area contributed by atoms with Crippen molar-refractivity contribution in [2.45, 2.75) is 0 Å². The number of H-pyrrole nitrogens is 1. The van der Waals surface area contributed by atoms with Gasteiger partial charge in [-0.25, -0.2) is 4.98 Å². The number of rotatable bonds is 3. The Hall–Kier alpha value is -2.36. The number of benzene rings is 2. The Labute approximate surface area is 143 Å². The van der Waals surface area contributed by atoms with Gasteiger partial charge in [-0.15, -0.1) is 11.3 Å². The summed E-state index contributed by atoms with van der Waals surface area (Å²) in [6.45, 7) is 0. The van der Waals surface area contributed by atoms with E-state index >= 15 is 0 Å². The van der Waals surface area contributed by atoms with Crippen molar-refractivity contribution in [2.24, 2.45) is 0 Å². The molecule has 112 valence electrons. The summed E-state index contributed by atoms with van der Waals surface area (Å²) in [7, 11) is 0. The van der Waals surface area contributed by atoms with Crippen LogP contribution in [0.15, 0.2) is 72.1 Å². The Kier molecular flexibility index (Phi) is 3.74. The van der Waals surface area contributed by atoms with Gasteiger partial charge in [0.05, 0.1) is 16.3 Å². The molecule has 23 heavy (non-hydrogen) atoms. The first-order chi connectivity index (χ1) is 11.3. The van der Waals surface area contributed by atoms with Crippen LogP contribution >= 0.6 is 22.9 Å². The maximum Gasteiger partial charge on any atom is 0.138 e. The SMILES string of the molecule is Clc1ccc(-c2nc(-c3ccccc3)c(-c3cccs3)[nH]2)cc1. The van der Waals surface area contributed by atoms with Crippen LogP contribution in [-0.4, -0.2) is 9.97 Å². The second-order valence-electron chi connectivity index (χ2n) is 5.16. The molecule has 0 radical (unpaired) electrons. The number of nitrogens with one attached hydrogen (secondary N) is 1. The summed E-state index contributed by atoms with van der Waals surface area (Å²) in [6, 6.07) is 22.1. The lowest BCUT2D eigenvalue weighted by molar-refractivity contribution is 1.31. The van der Waals surface area contributed by atoms with Crippen molar-refractivity contribution in [3.8, 4) is 33.2 Å². The highest BCUT2D eigenvalue weighted by molar-refractivity contribution is 7.13. The van der Waals surface area contributed by atoms with Crippen LogP contribution in [0.3, 0.4) is 0 Å². The molecule has 0 aliphatic heterocycles. The van der Waals surface area contributed by atoms with Gasteiger partial charge in [-0.3, -0.25) is 0 Å². The van der Waals surface area contributed by atoms with Crippen LogP contribution in [0.2, 0.25) is 5.02 Å². The summed E-state index contributed by atoms with van der Waals surface area (Å²) >= 11 is 7.69. The first kappa shape index (κ1) is 14.2. The molecule has 0 amide bonds. The van der Waals surface area contributed by atoms with Crippen LogP contribution in [-0.2, 0) is 0 Å². The zero-order chi connectivity index (χ0) is 15.6. The van der Waals surface area contributed by atoms with E-state index in [4.69, 9.17) is 16.6 Å². The van der Waals surface area contributed by atoms with E-state index in [0.29, 0.717) is 0 Å². The number of imidazole rings is 1. The summed E-state index contributed by atoms with van der Waals surface area (Å²) in [6.07, 6.45) is 0. The van der Waals surface area contributed by atoms with E-state index in [1.165, 1.54) is 4.88 Å². The van der Waals surface area contributed by atoms with Crippen LogP contribution < -0.4 is 0 Å². The molecule has 4 heteroatoms. The van der Waals surface area contributed by atoms with Crippen molar-refractivity contribution in [3.63, 3.8) is 0 Å². The third kappa shape index (κ3) is 2.81. The summed E-state index contributed by atoms with van der Waals surface area (Å²) < 4.78 is 0. The molecule has 0 aliphatic rings. The van der Waals surface area contributed by atoms with Crippen molar-refractivity contribution >= 4 is 22.9 Å². The van der Waals surface area contributed by atoms with Gasteiger partial charge >= 0.3 is 0 Å². The highest BCUT2D eigenvalue weighted by Crippen LogP contribution is 2.35. The molecule has 0 unspecified atom stereocenters. The average Bonchev–Trinajstić information content (AvgIpc) is 3.26. The van der Waals surface area contributed by atoms with E-state index in [1.54, 1.807) is 11.3 Å². The topological polar surface area (TPSA) is 28.7 Å². The molecular formula is C19H13ClN2S. The molecule has 2 heterocycles. The molecule has 0 fully saturated rings. The number of nitrogens with zero attached hydrogens (tertiary/aromatic N) is 1. The standard InChI is InChI=1S/C19H13ClN2S/c20-15-10-8-14(9-11-15)19-21-17(13-5-2-1-3-6-13)18(22-19)16-7-4-12-23-16/h1-12H,(H,21,22). The summed E-state index contributed by atoms with van der Waals surface area (Å²) in [5.74, 6) is 0.851. The quantitative estimate of drug-likeness (QED) is 0.479. The number of hydrogen-bond donors (Lipinski definition) is 1. The number of aromatic nitrogens is 2.